The van der Waals surface area contributed by atoms with E-state index in [4.69, 9.17) is 37.6 Å². The number of ether oxygens (including phenoxy) is 7. The van der Waals surface area contributed by atoms with Crippen molar-refractivity contribution in [1.29, 1.82) is 0 Å². The molecule has 452 valence electrons. The number of benzene rings is 7. The molecule has 1 aromatic heterocycles. The zero-order chi connectivity index (χ0) is 63.6. The maximum atomic E-state index is 15.0. The predicted octanol–water partition coefficient (Wildman–Crippen LogP) is 5.07. The number of aromatic hydroxyl groups is 16. The van der Waals surface area contributed by atoms with Crippen LogP contribution in [0.25, 0.3) is 44.6 Å². The highest BCUT2D eigenvalue weighted by Gasteiger charge is 2.62. The highest BCUT2D eigenvalue weighted by molar-refractivity contribution is 6.18. The lowest BCUT2D eigenvalue weighted by atomic mass is 9.84. The highest BCUT2D eigenvalue weighted by Crippen LogP contribution is 2.57. The second-order valence-corrected chi connectivity index (χ2v) is 19.8. The number of carbonyl (C=O) groups excluding carboxylic acids is 4. The van der Waals surface area contributed by atoms with Crippen LogP contribution in [0.15, 0.2) is 77.2 Å². The minimum atomic E-state index is -2.99. The van der Waals surface area contributed by atoms with E-state index in [9.17, 15) is 116 Å². The standard InChI is InChI=1S/C57H38O31/c1-57(88-53(77)17-7-26(63)40(68)27(64)8-17)49-33(85-56(80)50(57)87-52(76)16-5-24(61)39(67)25(62)6-16)14-81-54(78)21-13-32(43(71)45(73)35(21)34-20(55(79)86-49)12-28(65)41(69)44(34)72)84-48-38-36-19(51(74)75)11-29(66)42(70)47(36)83-31-10-18(58)9-30(37(31)38)82-46(48)15-2-3-22(59)23(60)4-15/h2-13,33,49-50,56,80H,14H2,1H3,(H16-,58,59,60,61,62,63,64,65,66,67,68,69,70,71,72,73,74,75,76,77,78,79)/p+1/t33-,49-,50+,56-,57+/m1/s1. The van der Waals surface area contributed by atoms with Crippen LogP contribution in [0.2, 0.25) is 0 Å². The Morgan fingerprint density at radius 1 is 0.591 bits per heavy atom. The first-order chi connectivity index (χ1) is 41.5. The molecule has 18 N–H and O–H groups in total. The molecule has 3 aliphatic rings. The molecule has 0 bridgehead atoms. The number of hydrogen-bond acceptors (Lipinski definition) is 29. The Balaban J connectivity index is 1.11. The van der Waals surface area contributed by atoms with Crippen molar-refractivity contribution in [3.63, 3.8) is 0 Å². The molecule has 0 saturated carbocycles. The van der Waals surface area contributed by atoms with Crippen LogP contribution in [0.5, 0.6) is 103 Å². The van der Waals surface area contributed by atoms with Crippen LogP contribution < -0.4 is 9.47 Å². The van der Waals surface area contributed by atoms with Crippen molar-refractivity contribution in [2.75, 3.05) is 6.61 Å². The quantitative estimate of drug-likeness (QED) is 0.0310. The number of rotatable bonds is 8. The number of aliphatic hydroxyl groups excluding tert-OH is 1. The minimum absolute atomic E-state index is 0.274. The van der Waals surface area contributed by atoms with Crippen LogP contribution in [0.1, 0.15) is 69.8 Å². The molecule has 0 unspecified atom stereocenters. The maximum Gasteiger partial charge on any atom is 0.407 e. The van der Waals surface area contributed by atoms with Gasteiger partial charge in [-0.15, -0.1) is 0 Å². The fourth-order valence-electron chi connectivity index (χ4n) is 10.2. The Morgan fingerprint density at radius 3 is 1.78 bits per heavy atom. The number of aromatic carboxylic acids is 1. The lowest BCUT2D eigenvalue weighted by Crippen LogP contribution is -2.69. The molecule has 4 heterocycles. The lowest BCUT2D eigenvalue weighted by Gasteiger charge is -2.49. The largest absolute Gasteiger partial charge is 0.507 e. The number of carboxylic acid groups (broad SMARTS) is 1. The Hall–Kier alpha value is -12.4. The fourth-order valence-corrected chi connectivity index (χ4v) is 10.2. The molecular formula is C57H39O31+. The Bertz CT molecular complexity index is 4440. The zero-order valence-electron chi connectivity index (χ0n) is 43.8. The Labute approximate surface area is 485 Å². The molecule has 8 aromatic rings. The Kier molecular flexibility index (Phi) is 13.3. The van der Waals surface area contributed by atoms with E-state index >= 15 is 0 Å². The summed E-state index contributed by atoms with van der Waals surface area (Å²) in [4.78, 5) is 71.0. The summed E-state index contributed by atoms with van der Waals surface area (Å²) >= 11 is 0. The van der Waals surface area contributed by atoms with Crippen LogP contribution >= 0.6 is 0 Å². The van der Waals surface area contributed by atoms with E-state index < -0.39 is 237 Å². The van der Waals surface area contributed by atoms with Gasteiger partial charge in [0.15, 0.2) is 110 Å². The maximum absolute atomic E-state index is 15.0. The van der Waals surface area contributed by atoms with Crippen molar-refractivity contribution in [2.24, 2.45) is 0 Å². The number of phenolic OH excluding ortho intramolecular Hbond substituents is 16. The van der Waals surface area contributed by atoms with E-state index in [-0.39, 0.29) is 16.7 Å². The molecule has 0 aliphatic carbocycles. The topological polar surface area (TPSA) is 525 Å². The van der Waals surface area contributed by atoms with Crippen molar-refractivity contribution in [3.05, 3.63) is 112 Å². The number of carboxylic acids is 1. The molecule has 7 aromatic carbocycles. The van der Waals surface area contributed by atoms with Crippen LogP contribution in [-0.2, 0) is 23.7 Å². The van der Waals surface area contributed by atoms with Crippen molar-refractivity contribution in [3.8, 4) is 115 Å². The lowest BCUT2D eigenvalue weighted by molar-refractivity contribution is -0.312. The first-order valence-electron chi connectivity index (χ1n) is 24.9. The van der Waals surface area contributed by atoms with Gasteiger partial charge >= 0.3 is 41.0 Å². The third kappa shape index (κ3) is 9.09. The molecule has 3 aliphatic heterocycles. The number of cyclic esters (lactones) is 1. The van der Waals surface area contributed by atoms with Crippen molar-refractivity contribution in [1.82, 2.24) is 0 Å². The van der Waals surface area contributed by atoms with E-state index in [2.05, 4.69) is 0 Å². The first-order valence-corrected chi connectivity index (χ1v) is 24.9. The number of carbonyl (C=O) groups is 5. The van der Waals surface area contributed by atoms with E-state index in [1.807, 2.05) is 0 Å². The number of hydrogen-bond donors (Lipinski definition) is 18. The van der Waals surface area contributed by atoms with Crippen molar-refractivity contribution in [2.45, 2.75) is 37.1 Å². The summed E-state index contributed by atoms with van der Waals surface area (Å²) < 4.78 is 46.9. The molecule has 1 fully saturated rings. The third-order valence-corrected chi connectivity index (χ3v) is 14.3. The predicted molar refractivity (Wildman–Crippen MR) is 284 cm³/mol. The molecular weight excluding hydrogens is 1180 g/mol. The molecule has 31 nitrogen and oxygen atoms in total. The summed E-state index contributed by atoms with van der Waals surface area (Å²) in [6.45, 7) is -0.511. The third-order valence-electron chi connectivity index (χ3n) is 14.3. The smallest absolute Gasteiger partial charge is 0.407 e. The van der Waals surface area contributed by atoms with Gasteiger partial charge in [-0.1, -0.05) is 0 Å². The highest BCUT2D eigenvalue weighted by atomic mass is 16.7. The van der Waals surface area contributed by atoms with Gasteiger partial charge in [-0.2, -0.15) is 0 Å². The van der Waals surface area contributed by atoms with Gasteiger partial charge in [-0.05, 0) is 61.5 Å². The molecule has 1 saturated heterocycles. The zero-order valence-corrected chi connectivity index (χ0v) is 43.8. The summed E-state index contributed by atoms with van der Waals surface area (Å²) in [5.74, 6) is -29.9. The molecule has 5 atom stereocenters. The Morgan fingerprint density at radius 2 is 1.17 bits per heavy atom. The number of phenols is 16. The van der Waals surface area contributed by atoms with E-state index in [0.29, 0.717) is 42.5 Å². The van der Waals surface area contributed by atoms with Gasteiger partial charge in [0.05, 0.1) is 39.4 Å². The monoisotopic (exact) mass is 1220 g/mol. The normalized spacial score (nSPS) is 18.8. The van der Waals surface area contributed by atoms with Crippen molar-refractivity contribution >= 4 is 63.3 Å². The SMILES string of the molecule is C[C@]1(OC(=O)c2cc(O)c(O)c(O)c2)[C@@H]2OC(=O)c3cc(O)c(O)c(O)c3-c3c(cc(OC4=C(c5ccc(O)c(O)c5)Oc5cc(O)cc6[o+]c7c(O)c(O)cc(C(=O)O)c7c4c56)c(O)c3O)C(=O)OC[C@H]2O[C@@H](O)[C@@H]1OC(=O)c1cc(O)c(O)c(O)c1. The van der Waals surface area contributed by atoms with E-state index in [0.717, 1.165) is 37.3 Å². The van der Waals surface area contributed by atoms with Gasteiger partial charge in [-0.25, -0.2) is 28.4 Å². The first kappa shape index (κ1) is 57.4. The number of aliphatic hydroxyl groups is 1. The van der Waals surface area contributed by atoms with E-state index in [1.54, 1.807) is 0 Å². The summed E-state index contributed by atoms with van der Waals surface area (Å²) in [5, 5.41) is 194. The second-order valence-electron chi connectivity index (χ2n) is 19.8. The molecule has 88 heavy (non-hydrogen) atoms. The number of fused-ring (bicyclic) bond motifs is 6. The van der Waals surface area contributed by atoms with Crippen LogP contribution in [0.4, 0.5) is 0 Å². The molecule has 31 heteroatoms. The summed E-state index contributed by atoms with van der Waals surface area (Å²) in [7, 11) is 0. The fraction of sp³-hybridized carbons (Fsp3) is 0.123. The molecule has 0 radical (unpaired) electrons. The average Bonchev–Trinajstić information content (AvgIpc) is 0.791. The van der Waals surface area contributed by atoms with E-state index in [1.165, 1.54) is 0 Å². The van der Waals surface area contributed by atoms with Gasteiger partial charge in [0.1, 0.15) is 35.0 Å². The van der Waals surface area contributed by atoms with Gasteiger partial charge < -0.3 is 125 Å². The van der Waals surface area contributed by atoms with Gasteiger partial charge in [0.25, 0.3) is 5.75 Å². The summed E-state index contributed by atoms with van der Waals surface area (Å²) in [6.07, 6.45) is -9.80. The summed E-state index contributed by atoms with van der Waals surface area (Å²) in [5.41, 5.74) is -12.1. The minimum Gasteiger partial charge on any atom is -0.507 e. The van der Waals surface area contributed by atoms with Gasteiger partial charge in [0.2, 0.25) is 11.5 Å². The van der Waals surface area contributed by atoms with Crippen LogP contribution in [-0.4, -0.2) is 159 Å². The number of esters is 4. The van der Waals surface area contributed by atoms with Crippen molar-refractivity contribution < 1.29 is 153 Å². The average molecular weight is 1220 g/mol. The molecule has 0 amide bonds. The van der Waals surface area contributed by atoms with Gasteiger partial charge in [0, 0.05) is 28.8 Å². The second kappa shape index (κ2) is 20.5. The molecule has 0 spiro atoms. The summed E-state index contributed by atoms with van der Waals surface area (Å²) in [6, 6.07) is 8.64. The van der Waals surface area contributed by atoms with Crippen LogP contribution in [0.3, 0.4) is 0 Å². The van der Waals surface area contributed by atoms with Gasteiger partial charge in [-0.3, -0.25) is 0 Å². The molecule has 11 rings (SSSR count). The van der Waals surface area contributed by atoms with Crippen LogP contribution in [0, 0.1) is 0 Å².